The van der Waals surface area contributed by atoms with E-state index in [1.165, 1.54) is 11.1 Å². The number of para-hydroxylation sites is 1. The molecule has 1 aliphatic rings. The van der Waals surface area contributed by atoms with Gasteiger partial charge in [-0.15, -0.1) is 0 Å². The van der Waals surface area contributed by atoms with Gasteiger partial charge in [0.2, 0.25) is 5.91 Å². The number of nitrogens with one attached hydrogen (secondary N) is 1. The minimum absolute atomic E-state index is 0.148. The van der Waals surface area contributed by atoms with Crippen molar-refractivity contribution in [3.63, 3.8) is 0 Å². The minimum atomic E-state index is -0.288. The third-order valence-electron chi connectivity index (χ3n) is 6.04. The van der Waals surface area contributed by atoms with Gasteiger partial charge in [0.1, 0.15) is 0 Å². The molecule has 5 rings (SSSR count). The summed E-state index contributed by atoms with van der Waals surface area (Å²) < 4.78 is 0. The third kappa shape index (κ3) is 3.77. The first kappa shape index (κ1) is 19.7. The zero-order valence-corrected chi connectivity index (χ0v) is 17.8. The van der Waals surface area contributed by atoms with Crippen molar-refractivity contribution in [2.75, 3.05) is 13.1 Å². The highest BCUT2D eigenvalue weighted by Crippen LogP contribution is 2.33. The minimum Gasteiger partial charge on any atom is -0.359 e. The number of amides is 1. The number of aromatic nitrogens is 1. The average molecular weight is 427 g/mol. The van der Waals surface area contributed by atoms with Gasteiger partial charge < -0.3 is 9.88 Å². The summed E-state index contributed by atoms with van der Waals surface area (Å²) in [5.41, 5.74) is 5.45. The van der Waals surface area contributed by atoms with Crippen LogP contribution >= 0.6 is 11.6 Å². The lowest BCUT2D eigenvalue weighted by Crippen LogP contribution is -2.38. The first-order valence-electron chi connectivity index (χ1n) is 10.6. The standard InChI is InChI=1S/C27H23ClN2O/c28-24-13-7-12-22-23(18-29-26(22)24)19-14-16-30(17-15-19)27(31)25(20-8-3-1-4-9-20)21-10-5-2-6-11-21/h1-14,18,25,29H,15-17H2. The van der Waals surface area contributed by atoms with Gasteiger partial charge in [0.05, 0.1) is 16.5 Å². The van der Waals surface area contributed by atoms with Crippen LogP contribution in [0.2, 0.25) is 5.02 Å². The molecule has 4 aromatic rings. The zero-order valence-electron chi connectivity index (χ0n) is 17.1. The highest BCUT2D eigenvalue weighted by atomic mass is 35.5. The van der Waals surface area contributed by atoms with Gasteiger partial charge in [-0.05, 0) is 29.2 Å². The maximum atomic E-state index is 13.6. The Morgan fingerprint density at radius 3 is 2.19 bits per heavy atom. The van der Waals surface area contributed by atoms with Gasteiger partial charge in [0, 0.05) is 30.2 Å². The molecule has 1 amide bonds. The highest BCUT2D eigenvalue weighted by molar-refractivity contribution is 6.35. The van der Waals surface area contributed by atoms with E-state index in [2.05, 4.69) is 17.1 Å². The lowest BCUT2D eigenvalue weighted by Gasteiger charge is -2.30. The fourth-order valence-corrected chi connectivity index (χ4v) is 4.68. The van der Waals surface area contributed by atoms with E-state index in [4.69, 9.17) is 11.6 Å². The van der Waals surface area contributed by atoms with Crippen LogP contribution in [-0.2, 0) is 4.79 Å². The van der Waals surface area contributed by atoms with Crippen LogP contribution in [0.1, 0.15) is 29.0 Å². The molecule has 1 aromatic heterocycles. The second-order valence-electron chi connectivity index (χ2n) is 7.88. The van der Waals surface area contributed by atoms with Gasteiger partial charge in [0.15, 0.2) is 0 Å². The molecule has 4 heteroatoms. The number of nitrogens with zero attached hydrogens (tertiary/aromatic N) is 1. The lowest BCUT2D eigenvalue weighted by molar-refractivity contribution is -0.131. The average Bonchev–Trinajstić information content (AvgIpc) is 3.26. The molecule has 1 N–H and O–H groups in total. The fourth-order valence-electron chi connectivity index (χ4n) is 4.45. The first-order chi connectivity index (χ1) is 15.2. The van der Waals surface area contributed by atoms with Crippen molar-refractivity contribution in [1.82, 2.24) is 9.88 Å². The smallest absolute Gasteiger partial charge is 0.234 e. The van der Waals surface area contributed by atoms with Crippen molar-refractivity contribution in [2.45, 2.75) is 12.3 Å². The monoisotopic (exact) mass is 426 g/mol. The summed E-state index contributed by atoms with van der Waals surface area (Å²) in [6.45, 7) is 1.31. The molecule has 0 radical (unpaired) electrons. The largest absolute Gasteiger partial charge is 0.359 e. The molecule has 0 fully saturated rings. The number of halogens is 1. The van der Waals surface area contributed by atoms with Crippen LogP contribution in [0.4, 0.5) is 0 Å². The predicted molar refractivity (Wildman–Crippen MR) is 127 cm³/mol. The molecule has 0 saturated carbocycles. The maximum absolute atomic E-state index is 13.6. The Labute approximate surface area is 187 Å². The van der Waals surface area contributed by atoms with Crippen LogP contribution in [0.5, 0.6) is 0 Å². The Hall–Kier alpha value is -3.30. The first-order valence-corrected chi connectivity index (χ1v) is 10.9. The molecule has 3 aromatic carbocycles. The summed E-state index contributed by atoms with van der Waals surface area (Å²) in [5.74, 6) is -0.140. The number of fused-ring (bicyclic) bond motifs is 1. The van der Waals surface area contributed by atoms with Gasteiger partial charge in [-0.2, -0.15) is 0 Å². The van der Waals surface area contributed by atoms with E-state index in [1.807, 2.05) is 83.9 Å². The number of hydrogen-bond acceptors (Lipinski definition) is 1. The molecule has 0 saturated heterocycles. The zero-order chi connectivity index (χ0) is 21.2. The second-order valence-corrected chi connectivity index (χ2v) is 8.29. The second kappa shape index (κ2) is 8.44. The number of aromatic amines is 1. The maximum Gasteiger partial charge on any atom is 0.234 e. The van der Waals surface area contributed by atoms with E-state index in [-0.39, 0.29) is 11.8 Å². The molecule has 1 aliphatic heterocycles. The van der Waals surface area contributed by atoms with Gasteiger partial charge in [-0.3, -0.25) is 4.79 Å². The van der Waals surface area contributed by atoms with E-state index in [9.17, 15) is 4.79 Å². The van der Waals surface area contributed by atoms with Crippen LogP contribution in [-0.4, -0.2) is 28.9 Å². The molecule has 31 heavy (non-hydrogen) atoms. The molecular formula is C27H23ClN2O. The Balaban J connectivity index is 1.42. The van der Waals surface area contributed by atoms with Gasteiger partial charge >= 0.3 is 0 Å². The molecule has 2 heterocycles. The summed E-state index contributed by atoms with van der Waals surface area (Å²) in [5, 5.41) is 1.86. The number of carbonyl (C=O) groups excluding carboxylic acids is 1. The molecule has 0 atom stereocenters. The van der Waals surface area contributed by atoms with E-state index in [0.29, 0.717) is 13.1 Å². The SMILES string of the molecule is O=C(C(c1ccccc1)c1ccccc1)N1CC=C(c2c[nH]c3c(Cl)cccc23)CC1. The normalized spacial score (nSPS) is 14.1. The Morgan fingerprint density at radius 1 is 0.903 bits per heavy atom. The third-order valence-corrected chi connectivity index (χ3v) is 6.36. The van der Waals surface area contributed by atoms with Gasteiger partial charge in [-0.25, -0.2) is 0 Å². The predicted octanol–water partition coefficient (Wildman–Crippen LogP) is 6.27. The topological polar surface area (TPSA) is 36.1 Å². The quantitative estimate of drug-likeness (QED) is 0.410. The molecule has 0 bridgehead atoms. The van der Waals surface area contributed by atoms with Crippen LogP contribution < -0.4 is 0 Å². The Morgan fingerprint density at radius 2 is 1.58 bits per heavy atom. The van der Waals surface area contributed by atoms with Crippen molar-refractivity contribution in [3.05, 3.63) is 113 Å². The number of rotatable bonds is 4. The molecule has 0 spiro atoms. The Kier molecular flexibility index (Phi) is 5.35. The molecular weight excluding hydrogens is 404 g/mol. The number of H-pyrrole nitrogens is 1. The molecule has 0 aliphatic carbocycles. The summed E-state index contributed by atoms with van der Waals surface area (Å²) in [7, 11) is 0. The van der Waals surface area contributed by atoms with Crippen LogP contribution in [0, 0.1) is 0 Å². The van der Waals surface area contributed by atoms with Crippen molar-refractivity contribution in [3.8, 4) is 0 Å². The van der Waals surface area contributed by atoms with Crippen LogP contribution in [0.25, 0.3) is 16.5 Å². The summed E-state index contributed by atoms with van der Waals surface area (Å²) >= 11 is 6.32. The fraction of sp³-hybridized carbons (Fsp3) is 0.148. The Bertz CT molecular complexity index is 1200. The highest BCUT2D eigenvalue weighted by Gasteiger charge is 2.28. The van der Waals surface area contributed by atoms with Crippen LogP contribution in [0.15, 0.2) is 91.1 Å². The summed E-state index contributed by atoms with van der Waals surface area (Å²) in [6.07, 6.45) is 5.02. The summed E-state index contributed by atoms with van der Waals surface area (Å²) in [6, 6.07) is 26.1. The number of carbonyl (C=O) groups is 1. The van der Waals surface area contributed by atoms with Crippen molar-refractivity contribution < 1.29 is 4.79 Å². The summed E-state index contributed by atoms with van der Waals surface area (Å²) in [4.78, 5) is 18.9. The van der Waals surface area contributed by atoms with E-state index >= 15 is 0 Å². The van der Waals surface area contributed by atoms with Gasteiger partial charge in [-0.1, -0.05) is 90.5 Å². The molecule has 154 valence electrons. The van der Waals surface area contributed by atoms with Crippen LogP contribution in [0.3, 0.4) is 0 Å². The van der Waals surface area contributed by atoms with Crippen molar-refractivity contribution in [1.29, 1.82) is 0 Å². The van der Waals surface area contributed by atoms with Crippen molar-refractivity contribution >= 4 is 34.0 Å². The van der Waals surface area contributed by atoms with E-state index in [0.717, 1.165) is 33.5 Å². The van der Waals surface area contributed by atoms with Crippen molar-refractivity contribution in [2.24, 2.45) is 0 Å². The van der Waals surface area contributed by atoms with Gasteiger partial charge in [0.25, 0.3) is 0 Å². The number of hydrogen-bond donors (Lipinski definition) is 1. The number of benzene rings is 3. The van der Waals surface area contributed by atoms with E-state index in [1.54, 1.807) is 0 Å². The molecule has 3 nitrogen and oxygen atoms in total. The van der Waals surface area contributed by atoms with E-state index < -0.39 is 0 Å². The molecule has 0 unspecified atom stereocenters. The lowest BCUT2D eigenvalue weighted by atomic mass is 9.89.